The minimum atomic E-state index is 0.0502. The van der Waals surface area contributed by atoms with Gasteiger partial charge in [-0.2, -0.15) is 0 Å². The molecule has 0 saturated heterocycles. The highest BCUT2D eigenvalue weighted by atomic mass is 32.2. The van der Waals surface area contributed by atoms with Crippen LogP contribution in [0.15, 0.2) is 46.3 Å². The van der Waals surface area contributed by atoms with Crippen LogP contribution in [-0.2, 0) is 4.79 Å². The van der Waals surface area contributed by atoms with Gasteiger partial charge in [-0.3, -0.25) is 4.79 Å². The van der Waals surface area contributed by atoms with Crippen molar-refractivity contribution in [2.75, 3.05) is 17.6 Å². The predicted octanol–water partition coefficient (Wildman–Crippen LogP) is 4.38. The molecule has 0 spiro atoms. The number of hydrogen-bond acceptors (Lipinski definition) is 6. The number of para-hydroxylation sites is 1. The van der Waals surface area contributed by atoms with Crippen LogP contribution in [0.4, 0.5) is 10.8 Å². The van der Waals surface area contributed by atoms with Crippen molar-refractivity contribution in [1.82, 2.24) is 15.5 Å². The Morgan fingerprint density at radius 2 is 2.08 bits per heavy atom. The first-order valence-electron chi connectivity index (χ1n) is 8.52. The van der Waals surface area contributed by atoms with Crippen molar-refractivity contribution >= 4 is 39.8 Å². The van der Waals surface area contributed by atoms with E-state index in [-0.39, 0.29) is 5.91 Å². The summed E-state index contributed by atoms with van der Waals surface area (Å²) in [6.07, 6.45) is 8.26. The Kier molecular flexibility index (Phi) is 6.88. The van der Waals surface area contributed by atoms with E-state index < -0.39 is 0 Å². The van der Waals surface area contributed by atoms with Crippen LogP contribution >= 0.6 is 23.1 Å². The van der Waals surface area contributed by atoms with E-state index in [1.807, 2.05) is 30.3 Å². The predicted molar refractivity (Wildman–Crippen MR) is 105 cm³/mol. The zero-order valence-electron chi connectivity index (χ0n) is 14.0. The molecule has 1 aromatic carbocycles. The molecule has 0 atom stereocenters. The summed E-state index contributed by atoms with van der Waals surface area (Å²) < 4.78 is 0.795. The number of allylic oxidation sites excluding steroid dienone is 1. The average molecular weight is 375 g/mol. The third-order valence-electron chi connectivity index (χ3n) is 3.91. The van der Waals surface area contributed by atoms with E-state index >= 15 is 0 Å². The molecule has 1 amide bonds. The zero-order chi connectivity index (χ0) is 17.3. The molecule has 2 N–H and O–H groups in total. The lowest BCUT2D eigenvalue weighted by Gasteiger charge is -2.12. The third-order valence-corrected chi connectivity index (χ3v) is 5.88. The third kappa shape index (κ3) is 6.17. The first-order chi connectivity index (χ1) is 12.3. The van der Waals surface area contributed by atoms with E-state index in [4.69, 9.17) is 0 Å². The Balaban J connectivity index is 1.36. The van der Waals surface area contributed by atoms with Gasteiger partial charge in [-0.05, 0) is 44.2 Å². The highest BCUT2D eigenvalue weighted by Gasteiger charge is 2.09. The lowest BCUT2D eigenvalue weighted by Crippen LogP contribution is -2.26. The molecule has 3 rings (SSSR count). The van der Waals surface area contributed by atoms with Crippen LogP contribution in [0, 0.1) is 0 Å². The average Bonchev–Trinajstić information content (AvgIpc) is 3.09. The molecule has 132 valence electrons. The monoisotopic (exact) mass is 374 g/mol. The van der Waals surface area contributed by atoms with Crippen molar-refractivity contribution in [1.29, 1.82) is 0 Å². The van der Waals surface area contributed by atoms with Crippen molar-refractivity contribution in [2.24, 2.45) is 0 Å². The zero-order valence-corrected chi connectivity index (χ0v) is 15.7. The molecular weight excluding hydrogens is 352 g/mol. The lowest BCUT2D eigenvalue weighted by atomic mass is 9.97. The van der Waals surface area contributed by atoms with Gasteiger partial charge in [0.2, 0.25) is 11.0 Å². The highest BCUT2D eigenvalue weighted by Crippen LogP contribution is 2.27. The quantitative estimate of drug-likeness (QED) is 0.530. The van der Waals surface area contributed by atoms with Crippen LogP contribution < -0.4 is 10.6 Å². The molecule has 0 unspecified atom stereocenters. The van der Waals surface area contributed by atoms with Gasteiger partial charge in [-0.25, -0.2) is 0 Å². The van der Waals surface area contributed by atoms with E-state index in [1.165, 1.54) is 54.4 Å². The summed E-state index contributed by atoms with van der Waals surface area (Å²) in [5, 5.41) is 15.2. The summed E-state index contributed by atoms with van der Waals surface area (Å²) in [6.45, 7) is 0.724. The number of nitrogens with one attached hydrogen (secondary N) is 2. The van der Waals surface area contributed by atoms with Gasteiger partial charge in [-0.1, -0.05) is 52.9 Å². The normalized spacial score (nSPS) is 14.0. The molecule has 0 saturated carbocycles. The molecule has 0 bridgehead atoms. The van der Waals surface area contributed by atoms with Crippen molar-refractivity contribution in [3.8, 4) is 0 Å². The van der Waals surface area contributed by atoms with E-state index in [0.717, 1.165) is 28.1 Å². The number of rotatable bonds is 8. The molecule has 0 aliphatic heterocycles. The van der Waals surface area contributed by atoms with E-state index in [1.54, 1.807) is 0 Å². The molecule has 1 aromatic heterocycles. The molecule has 1 aliphatic carbocycles. The summed E-state index contributed by atoms with van der Waals surface area (Å²) in [6, 6.07) is 9.85. The maximum Gasteiger partial charge on any atom is 0.230 e. The van der Waals surface area contributed by atoms with Gasteiger partial charge < -0.3 is 10.6 Å². The van der Waals surface area contributed by atoms with Crippen molar-refractivity contribution in [2.45, 2.75) is 36.4 Å². The van der Waals surface area contributed by atoms with Crippen molar-refractivity contribution < 1.29 is 4.79 Å². The molecule has 1 aliphatic rings. The van der Waals surface area contributed by atoms with Crippen LogP contribution in [0.2, 0.25) is 0 Å². The van der Waals surface area contributed by atoms with E-state index in [0.29, 0.717) is 5.75 Å². The van der Waals surface area contributed by atoms with Crippen LogP contribution in [0.1, 0.15) is 32.1 Å². The van der Waals surface area contributed by atoms with Crippen LogP contribution in [0.25, 0.3) is 0 Å². The van der Waals surface area contributed by atoms with Gasteiger partial charge in [0.25, 0.3) is 0 Å². The first-order valence-corrected chi connectivity index (χ1v) is 10.3. The number of benzene rings is 1. The summed E-state index contributed by atoms with van der Waals surface area (Å²) in [4.78, 5) is 11.9. The van der Waals surface area contributed by atoms with Gasteiger partial charge >= 0.3 is 0 Å². The number of thioether (sulfide) groups is 1. The Bertz CT molecular complexity index is 715. The second-order valence-electron chi connectivity index (χ2n) is 5.86. The number of carbonyl (C=O) groups is 1. The molecule has 25 heavy (non-hydrogen) atoms. The SMILES string of the molecule is O=C(CSc1nnc(Nc2ccccc2)s1)NCCC1=CCCCC1. The van der Waals surface area contributed by atoms with Gasteiger partial charge in [0.15, 0.2) is 4.34 Å². The number of aromatic nitrogens is 2. The Labute approximate surface area is 156 Å². The van der Waals surface area contributed by atoms with E-state index in [9.17, 15) is 4.79 Å². The fourth-order valence-electron chi connectivity index (χ4n) is 2.64. The van der Waals surface area contributed by atoms with Gasteiger partial charge in [0, 0.05) is 12.2 Å². The first kappa shape index (κ1) is 17.9. The minimum Gasteiger partial charge on any atom is -0.355 e. The number of amides is 1. The Morgan fingerprint density at radius 1 is 1.20 bits per heavy atom. The Hall–Kier alpha value is -1.86. The highest BCUT2D eigenvalue weighted by molar-refractivity contribution is 8.01. The van der Waals surface area contributed by atoms with Gasteiger partial charge in [0.05, 0.1) is 5.75 Å². The maximum absolute atomic E-state index is 11.9. The Morgan fingerprint density at radius 3 is 2.88 bits per heavy atom. The summed E-state index contributed by atoms with van der Waals surface area (Å²) in [7, 11) is 0. The van der Waals surface area contributed by atoms with Gasteiger partial charge in [-0.15, -0.1) is 10.2 Å². The fraction of sp³-hybridized carbons (Fsp3) is 0.389. The molecule has 7 heteroatoms. The molecule has 5 nitrogen and oxygen atoms in total. The van der Waals surface area contributed by atoms with Crippen LogP contribution in [-0.4, -0.2) is 28.4 Å². The second kappa shape index (κ2) is 9.58. The number of carbonyl (C=O) groups excluding carboxylic acids is 1. The smallest absolute Gasteiger partial charge is 0.230 e. The van der Waals surface area contributed by atoms with E-state index in [2.05, 4.69) is 26.9 Å². The molecule has 2 aromatic rings. The summed E-state index contributed by atoms with van der Waals surface area (Å²) in [5.74, 6) is 0.424. The van der Waals surface area contributed by atoms with Crippen molar-refractivity contribution in [3.05, 3.63) is 42.0 Å². The topological polar surface area (TPSA) is 66.9 Å². The molecule has 0 radical (unpaired) electrons. The number of anilines is 2. The molecule has 0 fully saturated rings. The standard InChI is InChI=1S/C18H22N4OS2/c23-16(19-12-11-14-7-3-1-4-8-14)13-24-18-22-21-17(25-18)20-15-9-5-2-6-10-15/h2,5-7,9-10H,1,3-4,8,11-13H2,(H,19,23)(H,20,21). The fourth-order valence-corrected chi connectivity index (χ4v) is 4.24. The lowest BCUT2D eigenvalue weighted by molar-refractivity contribution is -0.118. The number of hydrogen-bond donors (Lipinski definition) is 2. The maximum atomic E-state index is 11.9. The van der Waals surface area contributed by atoms with Crippen molar-refractivity contribution in [3.63, 3.8) is 0 Å². The number of nitrogens with zero attached hydrogens (tertiary/aromatic N) is 2. The second-order valence-corrected chi connectivity index (χ2v) is 8.06. The van der Waals surface area contributed by atoms with Crippen LogP contribution in [0.5, 0.6) is 0 Å². The molecule has 1 heterocycles. The summed E-state index contributed by atoms with van der Waals surface area (Å²) >= 11 is 2.88. The van der Waals surface area contributed by atoms with Gasteiger partial charge in [0.1, 0.15) is 0 Å². The molecular formula is C18H22N4OS2. The largest absolute Gasteiger partial charge is 0.355 e. The minimum absolute atomic E-state index is 0.0502. The summed E-state index contributed by atoms with van der Waals surface area (Å²) in [5.41, 5.74) is 2.46. The van der Waals surface area contributed by atoms with Crippen LogP contribution in [0.3, 0.4) is 0 Å².